The molecule has 0 amide bonds. The molecule has 0 aliphatic carbocycles. The van der Waals surface area contributed by atoms with Crippen molar-refractivity contribution in [2.24, 2.45) is 5.92 Å². The van der Waals surface area contributed by atoms with Gasteiger partial charge in [0.25, 0.3) is 0 Å². The first-order valence-electron chi connectivity index (χ1n) is 12.1. The quantitative estimate of drug-likeness (QED) is 0.158. The van der Waals surface area contributed by atoms with E-state index in [0.717, 1.165) is 0 Å². The van der Waals surface area contributed by atoms with E-state index in [1.54, 1.807) is 51.1 Å². The molecule has 39 heavy (non-hydrogen) atoms. The summed E-state index contributed by atoms with van der Waals surface area (Å²) in [6, 6.07) is 8.37. The maximum atomic E-state index is 13.9. The topological polar surface area (TPSA) is 161 Å². The predicted octanol–water partition coefficient (Wildman–Crippen LogP) is 3.15. The van der Waals surface area contributed by atoms with E-state index in [2.05, 4.69) is 20.9 Å². The number of nitrogens with two attached hydrogens (primary N) is 1. The number of esters is 1. The number of terminal acetylenes is 1. The van der Waals surface area contributed by atoms with Gasteiger partial charge in [0.1, 0.15) is 23.5 Å². The number of ether oxygens (including phenoxy) is 2. The number of hydrogen-bond donors (Lipinski definition) is 2. The number of carbonyl (C=O) groups is 1. The van der Waals surface area contributed by atoms with Crippen molar-refractivity contribution in [3.8, 4) is 18.1 Å². The van der Waals surface area contributed by atoms with Crippen LogP contribution in [0.15, 0.2) is 42.9 Å². The standard InChI is InChI=1S/C25H29ClN5O7P/c1-5-25(26)20(32)19(37-23(25)31-14-29-18-11-28-24(27)30-21(18)31)12-35-39(34,38-17-9-7-6-8-10-17)13-16(4)22(33)36-15(2)3/h1,6-11,14-16,19-20,23,32H,12-13H2,2-4H3,(H2,27,28,30)/t16-,19-,20+,23-,25?,39+/m1/s1. The molecule has 1 fully saturated rings. The number of halogens is 1. The Hall–Kier alpha value is -3.20. The van der Waals surface area contributed by atoms with E-state index in [1.165, 1.54) is 17.1 Å². The van der Waals surface area contributed by atoms with Crippen LogP contribution in [0.4, 0.5) is 5.95 Å². The zero-order chi connectivity index (χ0) is 28.4. The molecule has 3 aromatic rings. The Morgan fingerprint density at radius 3 is 2.72 bits per heavy atom. The van der Waals surface area contributed by atoms with Crippen molar-refractivity contribution in [1.29, 1.82) is 0 Å². The van der Waals surface area contributed by atoms with Crippen molar-refractivity contribution in [2.45, 2.75) is 50.2 Å². The van der Waals surface area contributed by atoms with Gasteiger partial charge in [0.15, 0.2) is 16.7 Å². The number of hydrogen-bond acceptors (Lipinski definition) is 11. The molecule has 0 radical (unpaired) electrons. The van der Waals surface area contributed by atoms with Crippen LogP contribution in [-0.2, 0) is 23.4 Å². The smallest absolute Gasteiger partial charge is 0.380 e. The fourth-order valence-corrected chi connectivity index (χ4v) is 6.19. The normalized spacial score (nSPS) is 25.2. The molecule has 1 aliphatic rings. The van der Waals surface area contributed by atoms with Gasteiger partial charge in [0, 0.05) is 0 Å². The molecule has 0 spiro atoms. The van der Waals surface area contributed by atoms with Crippen LogP contribution in [0, 0.1) is 18.3 Å². The number of fused-ring (bicyclic) bond motifs is 1. The molecule has 4 rings (SSSR count). The zero-order valence-corrected chi connectivity index (χ0v) is 23.2. The minimum Gasteiger partial charge on any atom is -0.463 e. The van der Waals surface area contributed by atoms with Gasteiger partial charge in [0.05, 0.1) is 37.3 Å². The van der Waals surface area contributed by atoms with Crippen LogP contribution in [0.3, 0.4) is 0 Å². The molecule has 12 nitrogen and oxygen atoms in total. The Bertz CT molecular complexity index is 1410. The third kappa shape index (κ3) is 6.19. The van der Waals surface area contributed by atoms with Crippen molar-refractivity contribution in [3.63, 3.8) is 0 Å². The number of benzene rings is 1. The number of nitrogen functional groups attached to an aromatic ring is 1. The van der Waals surface area contributed by atoms with E-state index in [1.807, 2.05) is 0 Å². The zero-order valence-electron chi connectivity index (χ0n) is 21.5. The molecule has 6 atom stereocenters. The van der Waals surface area contributed by atoms with Gasteiger partial charge in [-0.3, -0.25) is 13.9 Å². The van der Waals surface area contributed by atoms with Crippen LogP contribution < -0.4 is 10.3 Å². The second-order valence-electron chi connectivity index (χ2n) is 9.35. The summed E-state index contributed by atoms with van der Waals surface area (Å²) in [6.07, 6.45) is 4.17. The molecular weight excluding hydrogens is 549 g/mol. The van der Waals surface area contributed by atoms with Gasteiger partial charge in [-0.05, 0) is 26.0 Å². The van der Waals surface area contributed by atoms with Crippen molar-refractivity contribution in [2.75, 3.05) is 18.5 Å². The lowest BCUT2D eigenvalue weighted by atomic mass is 9.99. The third-order valence-electron chi connectivity index (χ3n) is 5.93. The average Bonchev–Trinajstić information content (AvgIpc) is 3.41. The van der Waals surface area contributed by atoms with E-state index in [9.17, 15) is 14.5 Å². The summed E-state index contributed by atoms with van der Waals surface area (Å²) in [7, 11) is -3.99. The third-order valence-corrected chi connectivity index (χ3v) is 8.47. The molecule has 0 bridgehead atoms. The van der Waals surface area contributed by atoms with Gasteiger partial charge < -0.3 is 24.8 Å². The Labute approximate surface area is 230 Å². The number of para-hydroxylation sites is 1. The first-order valence-corrected chi connectivity index (χ1v) is 14.2. The van der Waals surface area contributed by atoms with Gasteiger partial charge in [-0.25, -0.2) is 14.5 Å². The Morgan fingerprint density at radius 2 is 2.05 bits per heavy atom. The van der Waals surface area contributed by atoms with Crippen molar-refractivity contribution in [1.82, 2.24) is 19.5 Å². The van der Waals surface area contributed by atoms with Crippen LogP contribution in [0.5, 0.6) is 5.75 Å². The van der Waals surface area contributed by atoms with Crippen molar-refractivity contribution in [3.05, 3.63) is 42.9 Å². The number of nitrogens with zero attached hydrogens (tertiary/aromatic N) is 4. The Balaban J connectivity index is 1.57. The maximum absolute atomic E-state index is 13.9. The highest BCUT2D eigenvalue weighted by Crippen LogP contribution is 2.52. The summed E-state index contributed by atoms with van der Waals surface area (Å²) in [6.45, 7) is 4.56. The fraction of sp³-hybridized carbons (Fsp3) is 0.440. The van der Waals surface area contributed by atoms with E-state index in [0.29, 0.717) is 5.52 Å². The minimum absolute atomic E-state index is 0.00679. The van der Waals surface area contributed by atoms with E-state index >= 15 is 0 Å². The first-order chi connectivity index (χ1) is 18.5. The van der Waals surface area contributed by atoms with E-state index < -0.39 is 49.4 Å². The lowest BCUT2D eigenvalue weighted by molar-refractivity contribution is -0.151. The SMILES string of the molecule is C#CC1(Cl)[C@@H](O)[C@@H](CO[P@@](=O)(C[C@@H](C)C(=O)OC(C)C)Oc2ccccc2)O[C@H]1n1cnc2cnc(N)nc21. The summed E-state index contributed by atoms with van der Waals surface area (Å²) >= 11 is 6.70. The number of aliphatic hydroxyl groups is 1. The Kier molecular flexibility index (Phi) is 8.49. The second-order valence-corrected chi connectivity index (χ2v) is 12.0. The number of rotatable bonds is 10. The predicted molar refractivity (Wildman–Crippen MR) is 143 cm³/mol. The molecule has 208 valence electrons. The van der Waals surface area contributed by atoms with Crippen LogP contribution in [0.2, 0.25) is 0 Å². The number of anilines is 1. The number of alkyl halides is 1. The average molecular weight is 578 g/mol. The molecule has 1 aromatic carbocycles. The van der Waals surface area contributed by atoms with Crippen LogP contribution in [-0.4, -0.2) is 66.5 Å². The van der Waals surface area contributed by atoms with Gasteiger partial charge in [-0.2, -0.15) is 4.98 Å². The van der Waals surface area contributed by atoms with Gasteiger partial charge in [0.2, 0.25) is 5.95 Å². The first kappa shape index (κ1) is 28.8. The molecule has 1 unspecified atom stereocenters. The van der Waals surface area contributed by atoms with E-state index in [-0.39, 0.29) is 29.6 Å². The monoisotopic (exact) mass is 577 g/mol. The number of aromatic nitrogens is 4. The highest BCUT2D eigenvalue weighted by atomic mass is 35.5. The molecule has 3 N–H and O–H groups in total. The highest BCUT2D eigenvalue weighted by molar-refractivity contribution is 7.54. The fourth-order valence-electron chi connectivity index (χ4n) is 4.03. The second kappa shape index (κ2) is 11.5. The highest BCUT2D eigenvalue weighted by Gasteiger charge is 2.56. The molecular formula is C25H29ClN5O7P. The van der Waals surface area contributed by atoms with Gasteiger partial charge in [-0.15, -0.1) is 6.42 Å². The number of carbonyl (C=O) groups excluding carboxylic acids is 1. The summed E-state index contributed by atoms with van der Waals surface area (Å²) in [5.74, 6) is 1.29. The summed E-state index contributed by atoms with van der Waals surface area (Å²) in [4.78, 5) is 23.0. The molecule has 1 saturated heterocycles. The molecule has 1 aliphatic heterocycles. The van der Waals surface area contributed by atoms with Gasteiger partial charge >= 0.3 is 13.6 Å². The minimum atomic E-state index is -3.99. The summed E-state index contributed by atoms with van der Waals surface area (Å²) in [5.41, 5.74) is 6.42. The van der Waals surface area contributed by atoms with Crippen LogP contribution in [0.25, 0.3) is 11.2 Å². The number of aliphatic hydroxyl groups excluding tert-OH is 1. The van der Waals surface area contributed by atoms with Crippen LogP contribution >= 0.6 is 19.2 Å². The van der Waals surface area contributed by atoms with Crippen molar-refractivity contribution >= 4 is 42.3 Å². The van der Waals surface area contributed by atoms with Crippen molar-refractivity contribution < 1.29 is 33.0 Å². The summed E-state index contributed by atoms with van der Waals surface area (Å²) < 4.78 is 38.1. The maximum Gasteiger partial charge on any atom is 0.380 e. The molecule has 14 heteroatoms. The largest absolute Gasteiger partial charge is 0.463 e. The molecule has 3 heterocycles. The molecule has 2 aromatic heterocycles. The van der Waals surface area contributed by atoms with Gasteiger partial charge in [-0.1, -0.05) is 42.6 Å². The molecule has 0 saturated carbocycles. The lowest BCUT2D eigenvalue weighted by Crippen LogP contribution is -2.41. The van der Waals surface area contributed by atoms with Crippen LogP contribution in [0.1, 0.15) is 27.0 Å². The number of imidazole rings is 1. The lowest BCUT2D eigenvalue weighted by Gasteiger charge is -2.25. The Morgan fingerprint density at radius 1 is 1.33 bits per heavy atom. The van der Waals surface area contributed by atoms with E-state index in [4.69, 9.17) is 42.3 Å². The summed E-state index contributed by atoms with van der Waals surface area (Å²) in [5, 5.41) is 11.1.